The average molecular weight is 1010 g/mol. The molecule has 0 aromatic rings. The van der Waals surface area contributed by atoms with Crippen LogP contribution in [0, 0.1) is 0 Å². The lowest BCUT2D eigenvalue weighted by Crippen LogP contribution is -2.30. The molecule has 0 fully saturated rings. The molecule has 11 nitrogen and oxygen atoms in total. The second-order valence-corrected chi connectivity index (χ2v) is 20.2. The quantitative estimate of drug-likeness (QED) is 0.0197. The standard InChI is InChI=1S/C58H103O11P/c1-4-7-10-13-16-19-21-23-25-27-29-31-33-36-38-41-44-47-56(60)65-51-55(69-58(62)49-46-43-40-37-34-32-30-28-26-24-22-20-17-14-11-8-5-2)53-67-70(63,64)66-52-54(50-59)68-57(61)48-45-42-39-35-18-15-12-9-6-3/h8,11,17,20,23-26,30,32,54-55,59H,4-7,9-10,12-16,18-19,21-22,27-29,31,33-53H2,1-3H3,(H,63,64)/b11-8-,20-17-,25-23-,26-24-,32-30-. The lowest BCUT2D eigenvalue weighted by molar-refractivity contribution is -0.161. The molecule has 3 unspecified atom stereocenters. The van der Waals surface area contributed by atoms with Crippen molar-refractivity contribution in [3.63, 3.8) is 0 Å². The number of phosphoric acid groups is 1. The summed E-state index contributed by atoms with van der Waals surface area (Å²) in [6.07, 6.45) is 56.2. The molecule has 0 aliphatic carbocycles. The van der Waals surface area contributed by atoms with Gasteiger partial charge in [0.15, 0.2) is 6.10 Å². The van der Waals surface area contributed by atoms with Crippen molar-refractivity contribution in [2.45, 2.75) is 264 Å². The van der Waals surface area contributed by atoms with Crippen molar-refractivity contribution in [3.8, 4) is 0 Å². The van der Waals surface area contributed by atoms with E-state index in [4.69, 9.17) is 23.3 Å². The van der Waals surface area contributed by atoms with Gasteiger partial charge in [0, 0.05) is 19.3 Å². The Labute approximate surface area is 427 Å². The highest BCUT2D eigenvalue weighted by Gasteiger charge is 2.28. The lowest BCUT2D eigenvalue weighted by Gasteiger charge is -2.21. The molecule has 0 heterocycles. The molecule has 0 rings (SSSR count). The molecule has 0 saturated heterocycles. The number of rotatable bonds is 52. The highest BCUT2D eigenvalue weighted by atomic mass is 31.2. The molecule has 0 amide bonds. The third kappa shape index (κ3) is 50.1. The molecule has 0 aliphatic rings. The van der Waals surface area contributed by atoms with Gasteiger partial charge in [0.05, 0.1) is 19.8 Å². The summed E-state index contributed by atoms with van der Waals surface area (Å²) in [6, 6.07) is 0. The molecule has 0 bridgehead atoms. The average Bonchev–Trinajstić information content (AvgIpc) is 3.35. The van der Waals surface area contributed by atoms with E-state index in [9.17, 15) is 28.9 Å². The van der Waals surface area contributed by atoms with Crippen molar-refractivity contribution in [1.29, 1.82) is 0 Å². The van der Waals surface area contributed by atoms with Crippen LogP contribution in [0.15, 0.2) is 60.8 Å². The Balaban J connectivity index is 4.76. The van der Waals surface area contributed by atoms with Crippen LogP contribution in [-0.4, -0.2) is 66.5 Å². The van der Waals surface area contributed by atoms with Crippen LogP contribution in [0.4, 0.5) is 0 Å². The number of ether oxygens (including phenoxy) is 3. The van der Waals surface area contributed by atoms with Gasteiger partial charge in [0.2, 0.25) is 0 Å². The van der Waals surface area contributed by atoms with Crippen LogP contribution < -0.4 is 0 Å². The Bertz CT molecular complexity index is 1410. The molecular formula is C58H103O11P. The molecule has 3 atom stereocenters. The number of aliphatic hydroxyl groups excluding tert-OH is 1. The van der Waals surface area contributed by atoms with Gasteiger partial charge in [-0.3, -0.25) is 23.4 Å². The molecule has 12 heteroatoms. The summed E-state index contributed by atoms with van der Waals surface area (Å²) in [4.78, 5) is 48.4. The van der Waals surface area contributed by atoms with Crippen LogP contribution in [-0.2, 0) is 42.2 Å². The number of allylic oxidation sites excluding steroid dienone is 10. The van der Waals surface area contributed by atoms with E-state index in [0.717, 1.165) is 96.3 Å². The summed E-state index contributed by atoms with van der Waals surface area (Å²) in [7, 11) is -4.75. The first-order valence-electron chi connectivity index (χ1n) is 28.2. The number of hydrogen-bond acceptors (Lipinski definition) is 10. The van der Waals surface area contributed by atoms with Crippen molar-refractivity contribution >= 4 is 25.7 Å². The molecule has 0 spiro atoms. The topological polar surface area (TPSA) is 155 Å². The highest BCUT2D eigenvalue weighted by Crippen LogP contribution is 2.43. The first kappa shape index (κ1) is 67.2. The fraction of sp³-hybridized carbons (Fsp3) is 0.776. The van der Waals surface area contributed by atoms with Gasteiger partial charge >= 0.3 is 25.7 Å². The number of phosphoric ester groups is 1. The largest absolute Gasteiger partial charge is 0.472 e. The zero-order valence-corrected chi connectivity index (χ0v) is 45.6. The molecule has 0 saturated carbocycles. The van der Waals surface area contributed by atoms with E-state index < -0.39 is 57.8 Å². The maximum atomic E-state index is 12.9. The van der Waals surface area contributed by atoms with E-state index in [1.54, 1.807) is 0 Å². The van der Waals surface area contributed by atoms with Crippen molar-refractivity contribution in [2.75, 3.05) is 26.4 Å². The monoisotopic (exact) mass is 1010 g/mol. The van der Waals surface area contributed by atoms with E-state index in [2.05, 4.69) is 81.5 Å². The molecule has 0 radical (unpaired) electrons. The number of hydrogen-bond donors (Lipinski definition) is 2. The molecule has 2 N–H and O–H groups in total. The third-order valence-electron chi connectivity index (χ3n) is 11.9. The van der Waals surface area contributed by atoms with E-state index in [0.29, 0.717) is 19.3 Å². The molecule has 0 aromatic heterocycles. The van der Waals surface area contributed by atoms with Crippen LogP contribution in [0.5, 0.6) is 0 Å². The number of carbonyl (C=O) groups excluding carboxylic acids is 3. The van der Waals surface area contributed by atoms with E-state index >= 15 is 0 Å². The SMILES string of the molecule is CC/C=C\C/C=C\C/C=C\C/C=C\CCCCCCC(=O)OC(COC(=O)CCCCCCCCC/C=C\CCCCCCCC)COP(=O)(O)OCC(CO)OC(=O)CCCCCCCCCCC. The van der Waals surface area contributed by atoms with Crippen molar-refractivity contribution in [3.05, 3.63) is 60.8 Å². The zero-order chi connectivity index (χ0) is 51.3. The maximum Gasteiger partial charge on any atom is 0.472 e. The zero-order valence-electron chi connectivity index (χ0n) is 44.7. The number of unbranched alkanes of at least 4 members (excludes halogenated alkanes) is 25. The van der Waals surface area contributed by atoms with Gasteiger partial charge in [0.25, 0.3) is 0 Å². The highest BCUT2D eigenvalue weighted by molar-refractivity contribution is 7.47. The summed E-state index contributed by atoms with van der Waals surface area (Å²) in [5.41, 5.74) is 0. The van der Waals surface area contributed by atoms with Gasteiger partial charge in [0.1, 0.15) is 12.7 Å². The molecule has 0 aliphatic heterocycles. The van der Waals surface area contributed by atoms with Gasteiger partial charge < -0.3 is 24.2 Å². The van der Waals surface area contributed by atoms with Crippen LogP contribution in [0.3, 0.4) is 0 Å². The predicted molar refractivity (Wildman–Crippen MR) is 288 cm³/mol. The van der Waals surface area contributed by atoms with Crippen LogP contribution >= 0.6 is 7.82 Å². The summed E-state index contributed by atoms with van der Waals surface area (Å²) >= 11 is 0. The fourth-order valence-electron chi connectivity index (χ4n) is 7.64. The summed E-state index contributed by atoms with van der Waals surface area (Å²) in [5.74, 6) is -1.49. The molecular weight excluding hydrogens is 904 g/mol. The van der Waals surface area contributed by atoms with Crippen molar-refractivity contribution in [1.82, 2.24) is 0 Å². The predicted octanol–water partition coefficient (Wildman–Crippen LogP) is 16.4. The van der Waals surface area contributed by atoms with E-state index in [1.807, 2.05) is 0 Å². The smallest absolute Gasteiger partial charge is 0.462 e. The minimum absolute atomic E-state index is 0.139. The Kier molecular flexibility index (Phi) is 50.4. The molecule has 0 aromatic carbocycles. The first-order chi connectivity index (χ1) is 34.2. The van der Waals surface area contributed by atoms with Crippen molar-refractivity contribution < 1.29 is 52.2 Å². The van der Waals surface area contributed by atoms with E-state index in [1.165, 1.54) is 96.3 Å². The molecule has 406 valence electrons. The number of esters is 3. The minimum atomic E-state index is -4.75. The summed E-state index contributed by atoms with van der Waals surface area (Å²) < 4.78 is 39.4. The Morgan fingerprint density at radius 2 is 0.743 bits per heavy atom. The van der Waals surface area contributed by atoms with Crippen molar-refractivity contribution in [2.24, 2.45) is 0 Å². The summed E-state index contributed by atoms with van der Waals surface area (Å²) in [5, 5.41) is 9.76. The lowest BCUT2D eigenvalue weighted by atomic mass is 10.1. The van der Waals surface area contributed by atoms with Gasteiger partial charge in [-0.15, -0.1) is 0 Å². The van der Waals surface area contributed by atoms with Gasteiger partial charge in [-0.05, 0) is 83.5 Å². The van der Waals surface area contributed by atoms with Gasteiger partial charge in [-0.2, -0.15) is 0 Å². The Hall–Kier alpha value is -2.82. The van der Waals surface area contributed by atoms with Crippen LogP contribution in [0.1, 0.15) is 252 Å². The van der Waals surface area contributed by atoms with Gasteiger partial charge in [-0.25, -0.2) is 4.57 Å². The number of carbonyl (C=O) groups is 3. The van der Waals surface area contributed by atoms with Gasteiger partial charge in [-0.1, -0.05) is 210 Å². The van der Waals surface area contributed by atoms with E-state index in [-0.39, 0.29) is 25.9 Å². The molecule has 70 heavy (non-hydrogen) atoms. The normalized spacial score (nSPS) is 13.8. The second-order valence-electron chi connectivity index (χ2n) is 18.7. The Morgan fingerprint density at radius 3 is 1.16 bits per heavy atom. The maximum absolute atomic E-state index is 12.9. The minimum Gasteiger partial charge on any atom is -0.462 e. The first-order valence-corrected chi connectivity index (χ1v) is 29.7. The fourth-order valence-corrected chi connectivity index (χ4v) is 8.42. The van der Waals surface area contributed by atoms with Crippen LogP contribution in [0.2, 0.25) is 0 Å². The van der Waals surface area contributed by atoms with Crippen LogP contribution in [0.25, 0.3) is 0 Å². The summed E-state index contributed by atoms with van der Waals surface area (Å²) in [6.45, 7) is 4.48. The number of aliphatic hydroxyl groups is 1. The second kappa shape index (κ2) is 52.5. The Morgan fingerprint density at radius 1 is 0.414 bits per heavy atom. The third-order valence-corrected chi connectivity index (χ3v) is 12.9.